The van der Waals surface area contributed by atoms with Gasteiger partial charge in [-0.3, -0.25) is 4.79 Å². The fourth-order valence-corrected chi connectivity index (χ4v) is 2.33. The van der Waals surface area contributed by atoms with Crippen LogP contribution in [0.25, 0.3) is 0 Å². The topological polar surface area (TPSA) is 48.0 Å². The molecule has 2 rings (SSSR count). The van der Waals surface area contributed by atoms with E-state index in [4.69, 9.17) is 14.2 Å². The Kier molecular flexibility index (Phi) is 4.36. The Labute approximate surface area is 102 Å². The van der Waals surface area contributed by atoms with Crippen LogP contribution in [0.15, 0.2) is 0 Å². The lowest BCUT2D eigenvalue weighted by atomic mass is 10.0. The van der Waals surface area contributed by atoms with E-state index in [-0.39, 0.29) is 12.5 Å². The maximum absolute atomic E-state index is 11.9. The predicted octanol–water partition coefficient (Wildman–Crippen LogP) is 0.778. The van der Waals surface area contributed by atoms with Gasteiger partial charge in [0.25, 0.3) is 0 Å². The van der Waals surface area contributed by atoms with Crippen LogP contribution in [0.4, 0.5) is 0 Å². The highest BCUT2D eigenvalue weighted by Gasteiger charge is 2.41. The molecule has 2 aliphatic heterocycles. The van der Waals surface area contributed by atoms with Gasteiger partial charge in [0.15, 0.2) is 5.79 Å². The number of nitrogens with zero attached hydrogens (tertiary/aromatic N) is 1. The molecule has 2 saturated heterocycles. The van der Waals surface area contributed by atoms with Gasteiger partial charge >= 0.3 is 0 Å². The van der Waals surface area contributed by atoms with Crippen LogP contribution < -0.4 is 0 Å². The average Bonchev–Trinajstić information content (AvgIpc) is 2.77. The molecule has 0 atom stereocenters. The number of carbonyl (C=O) groups excluding carboxylic acids is 1. The van der Waals surface area contributed by atoms with Crippen LogP contribution in [-0.4, -0.2) is 56.1 Å². The molecule has 98 valence electrons. The molecule has 2 aliphatic rings. The highest BCUT2D eigenvalue weighted by atomic mass is 16.7. The van der Waals surface area contributed by atoms with Crippen LogP contribution in [0, 0.1) is 0 Å². The normalized spacial score (nSPS) is 23.2. The second kappa shape index (κ2) is 5.80. The van der Waals surface area contributed by atoms with Crippen molar-refractivity contribution in [2.45, 2.75) is 32.0 Å². The third kappa shape index (κ3) is 3.18. The molecular formula is C12H21NO4. The summed E-state index contributed by atoms with van der Waals surface area (Å²) in [5.41, 5.74) is 0. The molecule has 0 aromatic carbocycles. The third-order valence-electron chi connectivity index (χ3n) is 3.16. The van der Waals surface area contributed by atoms with Crippen LogP contribution in [-0.2, 0) is 19.0 Å². The number of amides is 1. The molecule has 0 bridgehead atoms. The van der Waals surface area contributed by atoms with Crippen molar-refractivity contribution in [2.24, 2.45) is 0 Å². The zero-order chi connectivity index (χ0) is 12.1. The predicted molar refractivity (Wildman–Crippen MR) is 61.6 cm³/mol. The number of carbonyl (C=O) groups is 1. The maximum atomic E-state index is 11.9. The molecule has 5 nitrogen and oxygen atoms in total. The number of piperidine rings is 1. The standard InChI is InChI=1S/C12H21NO4/c1-2-6-15-9-11(14)13-5-3-4-12(10-13)16-7-8-17-12/h2-10H2,1H3. The third-order valence-corrected chi connectivity index (χ3v) is 3.16. The lowest BCUT2D eigenvalue weighted by Crippen LogP contribution is -2.51. The highest BCUT2D eigenvalue weighted by molar-refractivity contribution is 5.77. The second-order valence-corrected chi connectivity index (χ2v) is 4.58. The first-order valence-corrected chi connectivity index (χ1v) is 6.39. The highest BCUT2D eigenvalue weighted by Crippen LogP contribution is 2.29. The second-order valence-electron chi connectivity index (χ2n) is 4.58. The fourth-order valence-electron chi connectivity index (χ4n) is 2.33. The van der Waals surface area contributed by atoms with Crippen LogP contribution in [0.1, 0.15) is 26.2 Å². The Morgan fingerprint density at radius 3 is 2.88 bits per heavy atom. The van der Waals surface area contributed by atoms with E-state index in [2.05, 4.69) is 0 Å². The molecule has 1 amide bonds. The Bertz CT molecular complexity index is 263. The van der Waals surface area contributed by atoms with E-state index in [1.807, 2.05) is 6.92 Å². The van der Waals surface area contributed by atoms with Crippen LogP contribution in [0.5, 0.6) is 0 Å². The summed E-state index contributed by atoms with van der Waals surface area (Å²) in [4.78, 5) is 13.7. The molecule has 0 aromatic heterocycles. The monoisotopic (exact) mass is 243 g/mol. The first-order valence-electron chi connectivity index (χ1n) is 6.39. The van der Waals surface area contributed by atoms with Crippen molar-refractivity contribution in [1.29, 1.82) is 0 Å². The minimum atomic E-state index is -0.529. The van der Waals surface area contributed by atoms with Crippen LogP contribution in [0.2, 0.25) is 0 Å². The first-order chi connectivity index (χ1) is 8.26. The van der Waals surface area contributed by atoms with E-state index in [0.717, 1.165) is 25.8 Å². The molecule has 17 heavy (non-hydrogen) atoms. The summed E-state index contributed by atoms with van der Waals surface area (Å²) >= 11 is 0. The van der Waals surface area contributed by atoms with Crippen molar-refractivity contribution in [3.63, 3.8) is 0 Å². The first kappa shape index (κ1) is 12.8. The van der Waals surface area contributed by atoms with Crippen LogP contribution in [0.3, 0.4) is 0 Å². The molecule has 2 heterocycles. The average molecular weight is 243 g/mol. The van der Waals surface area contributed by atoms with E-state index in [0.29, 0.717) is 26.4 Å². The summed E-state index contributed by atoms with van der Waals surface area (Å²) in [6, 6.07) is 0. The number of rotatable bonds is 4. The van der Waals surface area contributed by atoms with Crippen molar-refractivity contribution in [3.05, 3.63) is 0 Å². The summed E-state index contributed by atoms with van der Waals surface area (Å²) in [5.74, 6) is -0.491. The summed E-state index contributed by atoms with van der Waals surface area (Å²) in [6.45, 7) is 5.43. The number of likely N-dealkylation sites (tertiary alicyclic amines) is 1. The summed E-state index contributed by atoms with van der Waals surface area (Å²) in [5, 5.41) is 0. The number of hydrogen-bond donors (Lipinski definition) is 0. The summed E-state index contributed by atoms with van der Waals surface area (Å²) in [7, 11) is 0. The Morgan fingerprint density at radius 1 is 1.41 bits per heavy atom. The van der Waals surface area contributed by atoms with E-state index in [1.54, 1.807) is 4.90 Å². The summed E-state index contributed by atoms with van der Waals surface area (Å²) < 4.78 is 16.5. The molecular weight excluding hydrogens is 222 g/mol. The van der Waals surface area contributed by atoms with Crippen molar-refractivity contribution < 1.29 is 19.0 Å². The van der Waals surface area contributed by atoms with Crippen molar-refractivity contribution >= 4 is 5.91 Å². The minimum absolute atomic E-state index is 0.0385. The quantitative estimate of drug-likeness (QED) is 0.685. The van der Waals surface area contributed by atoms with E-state index >= 15 is 0 Å². The van der Waals surface area contributed by atoms with Crippen LogP contribution >= 0.6 is 0 Å². The van der Waals surface area contributed by atoms with Gasteiger partial charge < -0.3 is 19.1 Å². The maximum Gasteiger partial charge on any atom is 0.248 e. The van der Waals surface area contributed by atoms with Gasteiger partial charge in [0.05, 0.1) is 19.8 Å². The number of hydrogen-bond acceptors (Lipinski definition) is 4. The van der Waals surface area contributed by atoms with Gasteiger partial charge in [-0.05, 0) is 12.8 Å². The fraction of sp³-hybridized carbons (Fsp3) is 0.917. The van der Waals surface area contributed by atoms with Crippen molar-refractivity contribution in [2.75, 3.05) is 39.5 Å². The van der Waals surface area contributed by atoms with Gasteiger partial charge in [-0.2, -0.15) is 0 Å². The largest absolute Gasteiger partial charge is 0.372 e. The molecule has 0 N–H and O–H groups in total. The van der Waals surface area contributed by atoms with Crippen molar-refractivity contribution in [3.8, 4) is 0 Å². The van der Waals surface area contributed by atoms with Gasteiger partial charge in [-0.15, -0.1) is 0 Å². The van der Waals surface area contributed by atoms with Gasteiger partial charge in [-0.1, -0.05) is 6.92 Å². The zero-order valence-electron chi connectivity index (χ0n) is 10.4. The molecule has 0 saturated carbocycles. The molecule has 1 spiro atoms. The zero-order valence-corrected chi connectivity index (χ0v) is 10.4. The molecule has 0 aliphatic carbocycles. The Hall–Kier alpha value is -0.650. The van der Waals surface area contributed by atoms with Gasteiger partial charge in [0, 0.05) is 19.6 Å². The van der Waals surface area contributed by atoms with E-state index < -0.39 is 5.79 Å². The summed E-state index contributed by atoms with van der Waals surface area (Å²) in [6.07, 6.45) is 2.75. The minimum Gasteiger partial charge on any atom is -0.372 e. The molecule has 2 fully saturated rings. The smallest absolute Gasteiger partial charge is 0.248 e. The Balaban J connectivity index is 1.82. The van der Waals surface area contributed by atoms with Gasteiger partial charge in [0.2, 0.25) is 5.91 Å². The molecule has 0 unspecified atom stereocenters. The van der Waals surface area contributed by atoms with E-state index in [1.165, 1.54) is 0 Å². The van der Waals surface area contributed by atoms with Gasteiger partial charge in [0.1, 0.15) is 6.61 Å². The van der Waals surface area contributed by atoms with Gasteiger partial charge in [-0.25, -0.2) is 0 Å². The molecule has 5 heteroatoms. The molecule has 0 aromatic rings. The SMILES string of the molecule is CCCOCC(=O)N1CCCC2(C1)OCCO2. The lowest BCUT2D eigenvalue weighted by molar-refractivity contribution is -0.194. The molecule has 0 radical (unpaired) electrons. The Morgan fingerprint density at radius 2 is 2.18 bits per heavy atom. The lowest BCUT2D eigenvalue weighted by Gasteiger charge is -2.38. The van der Waals surface area contributed by atoms with Crippen molar-refractivity contribution in [1.82, 2.24) is 4.90 Å². The van der Waals surface area contributed by atoms with E-state index in [9.17, 15) is 4.79 Å². The number of ether oxygens (including phenoxy) is 3.